The molecule has 5 nitrogen and oxygen atoms in total. The molecule has 1 aromatic rings. The van der Waals surface area contributed by atoms with Crippen molar-refractivity contribution >= 4 is 5.97 Å². The van der Waals surface area contributed by atoms with Crippen molar-refractivity contribution in [2.75, 3.05) is 13.7 Å². The van der Waals surface area contributed by atoms with Gasteiger partial charge in [0.15, 0.2) is 6.29 Å². The molecular formula is C17H24O5. The molecule has 2 rings (SSSR count). The van der Waals surface area contributed by atoms with Gasteiger partial charge in [0.2, 0.25) is 0 Å². The summed E-state index contributed by atoms with van der Waals surface area (Å²) in [5.74, 6) is 0.341. The van der Waals surface area contributed by atoms with E-state index in [9.17, 15) is 4.79 Å². The summed E-state index contributed by atoms with van der Waals surface area (Å²) in [7, 11) is 1.36. The van der Waals surface area contributed by atoms with E-state index in [2.05, 4.69) is 4.74 Å². The lowest BCUT2D eigenvalue weighted by atomic mass is 9.90. The molecule has 22 heavy (non-hydrogen) atoms. The molecule has 1 saturated heterocycles. The van der Waals surface area contributed by atoms with E-state index in [0.717, 1.165) is 0 Å². The zero-order valence-corrected chi connectivity index (χ0v) is 13.8. The second-order valence-electron chi connectivity index (χ2n) is 6.34. The Hall–Kier alpha value is -1.59. The van der Waals surface area contributed by atoms with Gasteiger partial charge in [-0.15, -0.1) is 0 Å². The van der Waals surface area contributed by atoms with Gasteiger partial charge in [0.1, 0.15) is 5.75 Å². The molecule has 1 aliphatic heterocycles. The zero-order chi connectivity index (χ0) is 16.4. The Morgan fingerprint density at radius 3 is 2.14 bits per heavy atom. The molecule has 1 aromatic carbocycles. The van der Waals surface area contributed by atoms with Gasteiger partial charge in [-0.25, -0.2) is 4.79 Å². The Morgan fingerprint density at radius 1 is 1.09 bits per heavy atom. The molecule has 0 N–H and O–H groups in total. The maximum atomic E-state index is 11.3. The quantitative estimate of drug-likeness (QED) is 0.782. The average Bonchev–Trinajstić information content (AvgIpc) is 2.66. The van der Waals surface area contributed by atoms with Gasteiger partial charge in [0.05, 0.1) is 30.5 Å². The monoisotopic (exact) mass is 308 g/mol. The van der Waals surface area contributed by atoms with Gasteiger partial charge >= 0.3 is 5.97 Å². The summed E-state index contributed by atoms with van der Waals surface area (Å²) in [5, 5.41) is 0. The van der Waals surface area contributed by atoms with E-state index < -0.39 is 0 Å². The highest BCUT2D eigenvalue weighted by molar-refractivity contribution is 5.89. The second-order valence-corrected chi connectivity index (χ2v) is 6.34. The molecule has 0 aliphatic carbocycles. The number of carbonyl (C=O) groups is 1. The molecule has 0 atom stereocenters. The van der Waals surface area contributed by atoms with E-state index in [1.165, 1.54) is 7.11 Å². The van der Waals surface area contributed by atoms with Crippen LogP contribution in [-0.4, -0.2) is 37.2 Å². The highest BCUT2D eigenvalue weighted by Gasteiger charge is 2.48. The Labute approximate surface area is 131 Å². The molecule has 0 radical (unpaired) electrons. The molecule has 1 heterocycles. The van der Waals surface area contributed by atoms with Crippen molar-refractivity contribution in [3.05, 3.63) is 29.8 Å². The van der Waals surface area contributed by atoms with Crippen LogP contribution in [0.2, 0.25) is 0 Å². The number of carbonyl (C=O) groups excluding carboxylic acids is 1. The van der Waals surface area contributed by atoms with E-state index in [1.54, 1.807) is 24.3 Å². The van der Waals surface area contributed by atoms with Gasteiger partial charge in [-0.1, -0.05) is 0 Å². The number of hydrogen-bond donors (Lipinski definition) is 0. The first kappa shape index (κ1) is 16.8. The van der Waals surface area contributed by atoms with E-state index >= 15 is 0 Å². The largest absolute Gasteiger partial charge is 0.493 e. The first-order valence-electron chi connectivity index (χ1n) is 7.42. The number of benzene rings is 1. The number of methoxy groups -OCH3 is 1. The molecule has 1 fully saturated rings. The molecule has 5 heteroatoms. The maximum absolute atomic E-state index is 11.3. The molecule has 0 aromatic heterocycles. The topological polar surface area (TPSA) is 54.0 Å². The van der Waals surface area contributed by atoms with E-state index in [4.69, 9.17) is 14.2 Å². The molecule has 0 bridgehead atoms. The SMILES string of the molecule is COC(=O)c1ccc(OCCC2OC(C)(C)C(C)(C)O2)cc1. The Balaban J connectivity index is 1.81. The fraction of sp³-hybridized carbons (Fsp3) is 0.588. The second kappa shape index (κ2) is 6.26. The van der Waals surface area contributed by atoms with Crippen molar-refractivity contribution in [2.45, 2.75) is 51.6 Å². The number of esters is 1. The van der Waals surface area contributed by atoms with Crippen LogP contribution in [0.15, 0.2) is 24.3 Å². The summed E-state index contributed by atoms with van der Waals surface area (Å²) < 4.78 is 22.1. The van der Waals surface area contributed by atoms with Crippen LogP contribution in [0.25, 0.3) is 0 Å². The van der Waals surface area contributed by atoms with Crippen molar-refractivity contribution in [1.82, 2.24) is 0 Å². The van der Waals surface area contributed by atoms with Crippen molar-refractivity contribution in [3.63, 3.8) is 0 Å². The van der Waals surface area contributed by atoms with Crippen molar-refractivity contribution < 1.29 is 23.7 Å². The lowest BCUT2D eigenvalue weighted by Gasteiger charge is -2.30. The van der Waals surface area contributed by atoms with Crippen molar-refractivity contribution in [2.24, 2.45) is 0 Å². The van der Waals surface area contributed by atoms with Crippen LogP contribution in [0.5, 0.6) is 5.75 Å². The summed E-state index contributed by atoms with van der Waals surface area (Å²) in [6, 6.07) is 6.85. The van der Waals surface area contributed by atoms with Gasteiger partial charge in [-0.3, -0.25) is 0 Å². The van der Waals surface area contributed by atoms with Crippen LogP contribution in [0.1, 0.15) is 44.5 Å². The molecule has 0 spiro atoms. The van der Waals surface area contributed by atoms with Crippen LogP contribution < -0.4 is 4.74 Å². The van der Waals surface area contributed by atoms with Gasteiger partial charge in [0, 0.05) is 6.42 Å². The van der Waals surface area contributed by atoms with E-state index in [1.807, 2.05) is 27.7 Å². The van der Waals surface area contributed by atoms with Crippen molar-refractivity contribution in [1.29, 1.82) is 0 Å². The Kier molecular flexibility index (Phi) is 4.78. The minimum absolute atomic E-state index is 0.264. The number of ether oxygens (including phenoxy) is 4. The summed E-state index contributed by atoms with van der Waals surface area (Å²) in [6.07, 6.45) is 0.380. The summed E-state index contributed by atoms with van der Waals surface area (Å²) in [4.78, 5) is 11.3. The third-order valence-corrected chi connectivity index (χ3v) is 4.20. The summed E-state index contributed by atoms with van der Waals surface area (Å²) >= 11 is 0. The standard InChI is InChI=1S/C17H24O5/c1-16(2)17(3,4)22-14(21-16)10-11-20-13-8-6-12(7-9-13)15(18)19-5/h6-9,14H,10-11H2,1-5H3. The Morgan fingerprint density at radius 2 is 1.64 bits per heavy atom. The van der Waals surface area contributed by atoms with Crippen LogP contribution in [0, 0.1) is 0 Å². The van der Waals surface area contributed by atoms with Gasteiger partial charge < -0.3 is 18.9 Å². The lowest BCUT2D eigenvalue weighted by Crippen LogP contribution is -2.41. The van der Waals surface area contributed by atoms with Crippen molar-refractivity contribution in [3.8, 4) is 5.75 Å². The highest BCUT2D eigenvalue weighted by Crippen LogP contribution is 2.39. The maximum Gasteiger partial charge on any atom is 0.337 e. The predicted molar refractivity (Wildman–Crippen MR) is 82.0 cm³/mol. The molecule has 0 amide bonds. The van der Waals surface area contributed by atoms with Gasteiger partial charge in [-0.2, -0.15) is 0 Å². The lowest BCUT2D eigenvalue weighted by molar-refractivity contribution is -0.0949. The van der Waals surface area contributed by atoms with Gasteiger partial charge in [0.25, 0.3) is 0 Å². The molecule has 0 unspecified atom stereocenters. The number of rotatable bonds is 5. The minimum Gasteiger partial charge on any atom is -0.493 e. The molecular weight excluding hydrogens is 284 g/mol. The average molecular weight is 308 g/mol. The van der Waals surface area contributed by atoms with Crippen LogP contribution in [-0.2, 0) is 14.2 Å². The normalized spacial score (nSPS) is 19.9. The molecule has 0 saturated carbocycles. The fourth-order valence-corrected chi connectivity index (χ4v) is 2.16. The zero-order valence-electron chi connectivity index (χ0n) is 13.8. The van der Waals surface area contributed by atoms with Crippen LogP contribution in [0.3, 0.4) is 0 Å². The molecule has 1 aliphatic rings. The number of hydrogen-bond acceptors (Lipinski definition) is 5. The first-order chi connectivity index (χ1) is 10.2. The van der Waals surface area contributed by atoms with E-state index in [0.29, 0.717) is 24.3 Å². The Bertz CT molecular complexity index is 502. The fourth-order valence-electron chi connectivity index (χ4n) is 2.16. The van der Waals surface area contributed by atoms with Crippen LogP contribution >= 0.6 is 0 Å². The summed E-state index contributed by atoms with van der Waals surface area (Å²) in [5.41, 5.74) is -0.138. The molecule has 122 valence electrons. The first-order valence-corrected chi connectivity index (χ1v) is 7.42. The predicted octanol–water partition coefficient (Wildman–Crippen LogP) is 3.17. The third kappa shape index (κ3) is 3.59. The highest BCUT2D eigenvalue weighted by atomic mass is 16.7. The van der Waals surface area contributed by atoms with E-state index in [-0.39, 0.29) is 23.5 Å². The smallest absolute Gasteiger partial charge is 0.337 e. The minimum atomic E-state index is -0.358. The van der Waals surface area contributed by atoms with Crippen LogP contribution in [0.4, 0.5) is 0 Å². The van der Waals surface area contributed by atoms with Gasteiger partial charge in [-0.05, 0) is 52.0 Å². The third-order valence-electron chi connectivity index (χ3n) is 4.20. The summed E-state index contributed by atoms with van der Waals surface area (Å²) in [6.45, 7) is 8.59.